The summed E-state index contributed by atoms with van der Waals surface area (Å²) in [6.07, 6.45) is 0.712. The Morgan fingerprint density at radius 3 is 2.42 bits per heavy atom. The van der Waals surface area contributed by atoms with Gasteiger partial charge in [0.25, 0.3) is 5.91 Å². The lowest BCUT2D eigenvalue weighted by Crippen LogP contribution is -2.41. The summed E-state index contributed by atoms with van der Waals surface area (Å²) in [5, 5.41) is 3.54. The lowest BCUT2D eigenvalue weighted by Gasteiger charge is -2.26. The molecule has 1 aliphatic rings. The van der Waals surface area contributed by atoms with Crippen LogP contribution in [-0.2, 0) is 14.6 Å². The lowest BCUT2D eigenvalue weighted by molar-refractivity contribution is 0.0528. The number of rotatable bonds is 9. The third kappa shape index (κ3) is 8.09. The van der Waals surface area contributed by atoms with Crippen molar-refractivity contribution in [1.29, 1.82) is 0 Å². The van der Waals surface area contributed by atoms with Crippen LogP contribution >= 0.6 is 0 Å². The van der Waals surface area contributed by atoms with Crippen LogP contribution in [0.15, 0.2) is 60.7 Å². The van der Waals surface area contributed by atoms with Crippen molar-refractivity contribution in [2.24, 2.45) is 0 Å². The zero-order valence-electron chi connectivity index (χ0n) is 25.7. The third-order valence-electron chi connectivity index (χ3n) is 7.62. The summed E-state index contributed by atoms with van der Waals surface area (Å²) >= 11 is 0. The number of benzene rings is 2. The summed E-state index contributed by atoms with van der Waals surface area (Å²) in [5.74, 6) is 6.02. The van der Waals surface area contributed by atoms with Gasteiger partial charge in [0.05, 0.1) is 40.6 Å². The molecule has 1 fully saturated rings. The number of pyridine rings is 1. The number of hydrogen-bond donors (Lipinski definition) is 2. The van der Waals surface area contributed by atoms with Gasteiger partial charge in [-0.05, 0) is 80.6 Å². The Bertz CT molecular complexity index is 1860. The van der Waals surface area contributed by atoms with Crippen molar-refractivity contribution in [3.05, 3.63) is 83.0 Å². The van der Waals surface area contributed by atoms with E-state index in [1.807, 2.05) is 61.5 Å². The van der Waals surface area contributed by atoms with Gasteiger partial charge in [-0.3, -0.25) is 4.79 Å². The highest BCUT2D eigenvalue weighted by atomic mass is 32.2. The second-order valence-electron chi connectivity index (χ2n) is 11.1. The minimum absolute atomic E-state index is 0.187. The quantitative estimate of drug-likeness (QED) is 0.164. The number of esters is 1. The molecule has 11 heteroatoms. The van der Waals surface area contributed by atoms with Crippen LogP contribution in [0.2, 0.25) is 0 Å². The van der Waals surface area contributed by atoms with E-state index in [1.165, 1.54) is 0 Å². The largest absolute Gasteiger partial charge is 0.462 e. The third-order valence-corrected chi connectivity index (χ3v) is 9.23. The zero-order valence-corrected chi connectivity index (χ0v) is 26.5. The first-order valence-electron chi connectivity index (χ1n) is 14.9. The Kier molecular flexibility index (Phi) is 9.86. The van der Waals surface area contributed by atoms with Crippen LogP contribution in [0.1, 0.15) is 45.3 Å². The fourth-order valence-electron chi connectivity index (χ4n) is 5.06. The van der Waals surface area contributed by atoms with E-state index in [0.29, 0.717) is 59.6 Å². The Morgan fingerprint density at radius 1 is 1.00 bits per heavy atom. The van der Waals surface area contributed by atoms with Crippen LogP contribution in [0.4, 0.5) is 5.69 Å². The average Bonchev–Trinajstić information content (AvgIpc) is 3.53. The van der Waals surface area contributed by atoms with Crippen LogP contribution < -0.4 is 10.2 Å². The molecule has 3 heterocycles. The molecule has 0 radical (unpaired) electrons. The summed E-state index contributed by atoms with van der Waals surface area (Å²) in [6.45, 7) is 4.23. The predicted molar refractivity (Wildman–Crippen MR) is 176 cm³/mol. The molecular weight excluding hydrogens is 590 g/mol. The SMILES string of the molecule is CCOC(=O)c1cc(-c2ccc(C(=O)NCCCN3CCS(=O)(=O)CC3)[nH]2)nc2ccc(C#Cc3ccc(N(C)C)cc3)cc12. The van der Waals surface area contributed by atoms with E-state index < -0.39 is 15.8 Å². The molecule has 4 aromatic rings. The number of H-pyrrole nitrogens is 1. The highest BCUT2D eigenvalue weighted by Crippen LogP contribution is 2.26. The summed E-state index contributed by atoms with van der Waals surface area (Å²) in [6, 6.07) is 18.6. The molecule has 1 amide bonds. The van der Waals surface area contributed by atoms with E-state index in [2.05, 4.69) is 27.0 Å². The van der Waals surface area contributed by atoms with Gasteiger partial charge in [-0.15, -0.1) is 0 Å². The molecule has 0 bridgehead atoms. The number of hydrogen-bond acceptors (Lipinski definition) is 8. The molecular formula is C34H37N5O5S. The van der Waals surface area contributed by atoms with Gasteiger partial charge in [0, 0.05) is 55.9 Å². The maximum absolute atomic E-state index is 13.0. The fraction of sp³-hybridized carbons (Fsp3) is 0.324. The molecule has 234 valence electrons. The number of fused-ring (bicyclic) bond motifs is 1. The zero-order chi connectivity index (χ0) is 32.0. The van der Waals surface area contributed by atoms with Gasteiger partial charge in [-0.1, -0.05) is 11.8 Å². The normalized spacial score (nSPS) is 14.4. The topological polar surface area (TPSA) is 125 Å². The smallest absolute Gasteiger partial charge is 0.338 e. The van der Waals surface area contributed by atoms with E-state index in [9.17, 15) is 18.0 Å². The number of aromatic amines is 1. The second-order valence-corrected chi connectivity index (χ2v) is 13.4. The first-order valence-corrected chi connectivity index (χ1v) is 16.8. The Hall–Kier alpha value is -4.66. The number of sulfone groups is 1. The van der Waals surface area contributed by atoms with Crippen molar-refractivity contribution >= 4 is 38.3 Å². The van der Waals surface area contributed by atoms with Gasteiger partial charge < -0.3 is 24.8 Å². The van der Waals surface area contributed by atoms with Crippen molar-refractivity contribution in [2.75, 3.05) is 63.3 Å². The fourth-order valence-corrected chi connectivity index (χ4v) is 6.33. The van der Waals surface area contributed by atoms with E-state index >= 15 is 0 Å². The van der Waals surface area contributed by atoms with Crippen LogP contribution in [-0.4, -0.2) is 93.5 Å². The van der Waals surface area contributed by atoms with E-state index in [4.69, 9.17) is 9.72 Å². The predicted octanol–water partition coefficient (Wildman–Crippen LogP) is 3.72. The van der Waals surface area contributed by atoms with E-state index in [-0.39, 0.29) is 24.0 Å². The van der Waals surface area contributed by atoms with E-state index in [1.54, 1.807) is 25.1 Å². The van der Waals surface area contributed by atoms with Gasteiger partial charge in [-0.25, -0.2) is 18.2 Å². The molecule has 0 atom stereocenters. The Morgan fingerprint density at radius 2 is 1.71 bits per heavy atom. The Balaban J connectivity index is 1.30. The molecule has 0 saturated carbocycles. The number of nitrogens with one attached hydrogen (secondary N) is 2. The minimum atomic E-state index is -2.91. The monoisotopic (exact) mass is 627 g/mol. The van der Waals surface area contributed by atoms with Gasteiger partial charge in [0.1, 0.15) is 5.69 Å². The molecule has 2 N–H and O–H groups in total. The molecule has 10 nitrogen and oxygen atoms in total. The number of carbonyl (C=O) groups is 2. The standard InChI is InChI=1S/C34H37N5O5S/c1-4-44-34(41)28-23-32(30-14-15-31(37-30)33(40)35-16-5-17-39-18-20-45(42,43)21-19-39)36-29-13-10-25(22-27(28)29)7-6-24-8-11-26(12-9-24)38(2)3/h8-15,22-23,37H,4-5,16-21H2,1-3H3,(H,35,40). The van der Waals surface area contributed by atoms with Crippen molar-refractivity contribution in [2.45, 2.75) is 13.3 Å². The summed E-state index contributed by atoms with van der Waals surface area (Å²) in [7, 11) is 1.07. The van der Waals surface area contributed by atoms with Crippen molar-refractivity contribution in [1.82, 2.24) is 20.2 Å². The lowest BCUT2D eigenvalue weighted by atomic mass is 10.0. The molecule has 1 saturated heterocycles. The molecule has 0 aliphatic carbocycles. The van der Waals surface area contributed by atoms with Gasteiger partial charge >= 0.3 is 5.97 Å². The molecule has 1 aliphatic heterocycles. The van der Waals surface area contributed by atoms with Gasteiger partial charge in [0.15, 0.2) is 9.84 Å². The first-order chi connectivity index (χ1) is 21.6. The number of amides is 1. The molecule has 0 unspecified atom stereocenters. The maximum Gasteiger partial charge on any atom is 0.338 e. The minimum Gasteiger partial charge on any atom is -0.462 e. The molecule has 2 aromatic heterocycles. The average molecular weight is 628 g/mol. The van der Waals surface area contributed by atoms with Crippen LogP contribution in [0.25, 0.3) is 22.3 Å². The molecule has 5 rings (SSSR count). The summed E-state index contributed by atoms with van der Waals surface area (Å²) < 4.78 is 28.6. The highest BCUT2D eigenvalue weighted by Gasteiger charge is 2.21. The number of aromatic nitrogens is 2. The van der Waals surface area contributed by atoms with Gasteiger partial charge in [0.2, 0.25) is 0 Å². The number of ether oxygens (including phenoxy) is 1. The van der Waals surface area contributed by atoms with E-state index in [0.717, 1.165) is 23.4 Å². The van der Waals surface area contributed by atoms with Crippen molar-refractivity contribution in [3.63, 3.8) is 0 Å². The molecule has 0 spiro atoms. The summed E-state index contributed by atoms with van der Waals surface area (Å²) in [5.41, 5.74) is 5.14. The number of anilines is 1. The number of nitrogens with zero attached hydrogens (tertiary/aromatic N) is 3. The van der Waals surface area contributed by atoms with Crippen molar-refractivity contribution in [3.8, 4) is 23.2 Å². The van der Waals surface area contributed by atoms with Crippen LogP contribution in [0.5, 0.6) is 0 Å². The van der Waals surface area contributed by atoms with Crippen LogP contribution in [0.3, 0.4) is 0 Å². The maximum atomic E-state index is 13.0. The molecule has 45 heavy (non-hydrogen) atoms. The second kappa shape index (κ2) is 14.0. The van der Waals surface area contributed by atoms with Crippen LogP contribution in [0, 0.1) is 11.8 Å². The molecule has 2 aromatic carbocycles. The summed E-state index contributed by atoms with van der Waals surface area (Å²) in [4.78, 5) is 37.9. The number of carbonyl (C=O) groups excluding carboxylic acids is 2. The first kappa shape index (κ1) is 31.8. The van der Waals surface area contributed by atoms with Gasteiger partial charge in [-0.2, -0.15) is 0 Å². The van der Waals surface area contributed by atoms with Crippen molar-refractivity contribution < 1.29 is 22.7 Å². The highest BCUT2D eigenvalue weighted by molar-refractivity contribution is 7.91. The Labute approximate surface area is 263 Å².